The van der Waals surface area contributed by atoms with Gasteiger partial charge in [0.1, 0.15) is 0 Å². The summed E-state index contributed by atoms with van der Waals surface area (Å²) in [5.74, 6) is 3.06. The molecule has 0 aromatic heterocycles. The van der Waals surface area contributed by atoms with Gasteiger partial charge in [-0.15, -0.1) is 6.42 Å². The third kappa shape index (κ3) is 1.51. The fourth-order valence-corrected chi connectivity index (χ4v) is 2.27. The van der Waals surface area contributed by atoms with Crippen molar-refractivity contribution in [3.8, 4) is 12.3 Å². The molecule has 0 radical (unpaired) electrons. The van der Waals surface area contributed by atoms with Gasteiger partial charge in [0.05, 0.1) is 0 Å². The van der Waals surface area contributed by atoms with E-state index >= 15 is 0 Å². The Morgan fingerprint density at radius 1 is 1.08 bits per heavy atom. The second-order valence-electron chi connectivity index (χ2n) is 5.04. The molecule has 0 aromatic carbocycles. The Kier molecular flexibility index (Phi) is 2.52. The average Bonchev–Trinajstić information content (AvgIpc) is 2.04. The monoisotopic (exact) mass is 164 g/mol. The first-order valence-corrected chi connectivity index (χ1v) is 5.00. The molecule has 0 nitrogen and oxygen atoms in total. The zero-order chi connectivity index (χ0) is 9.24. The van der Waals surface area contributed by atoms with E-state index in [0.717, 1.165) is 0 Å². The summed E-state index contributed by atoms with van der Waals surface area (Å²) in [7, 11) is 0. The van der Waals surface area contributed by atoms with Crippen molar-refractivity contribution in [3.05, 3.63) is 0 Å². The molecule has 1 aliphatic rings. The predicted molar refractivity (Wildman–Crippen MR) is 53.8 cm³/mol. The van der Waals surface area contributed by atoms with Crippen LogP contribution in [0, 0.1) is 23.2 Å². The molecule has 1 saturated carbocycles. The van der Waals surface area contributed by atoms with Crippen LogP contribution < -0.4 is 0 Å². The van der Waals surface area contributed by atoms with Gasteiger partial charge in [-0.2, -0.15) is 0 Å². The second kappa shape index (κ2) is 3.13. The Balaban J connectivity index is 2.83. The zero-order valence-corrected chi connectivity index (χ0v) is 8.61. The standard InChI is InChI=1S/C12H20/c1-5-12(11(2,3)4)9-7-6-8-10-12/h1H,6-10H2,2-4H3. The first kappa shape index (κ1) is 9.65. The lowest BCUT2D eigenvalue weighted by atomic mass is 9.60. The minimum absolute atomic E-state index is 0.186. The van der Waals surface area contributed by atoms with Crippen molar-refractivity contribution in [3.63, 3.8) is 0 Å². The van der Waals surface area contributed by atoms with Crippen LogP contribution in [0.5, 0.6) is 0 Å². The Bertz CT molecular complexity index is 181. The topological polar surface area (TPSA) is 0 Å². The van der Waals surface area contributed by atoms with Crippen molar-refractivity contribution in [2.45, 2.75) is 52.9 Å². The molecule has 0 heterocycles. The van der Waals surface area contributed by atoms with E-state index in [1.165, 1.54) is 32.1 Å². The first-order valence-electron chi connectivity index (χ1n) is 5.00. The lowest BCUT2D eigenvalue weighted by molar-refractivity contribution is 0.104. The molecule has 0 saturated heterocycles. The second-order valence-corrected chi connectivity index (χ2v) is 5.04. The van der Waals surface area contributed by atoms with Crippen LogP contribution in [0.15, 0.2) is 0 Å². The largest absolute Gasteiger partial charge is 0.119 e. The third-order valence-corrected chi connectivity index (χ3v) is 3.42. The van der Waals surface area contributed by atoms with Crippen LogP contribution in [0.3, 0.4) is 0 Å². The van der Waals surface area contributed by atoms with Crippen LogP contribution in [0.2, 0.25) is 0 Å². The molecular formula is C12H20. The van der Waals surface area contributed by atoms with Crippen LogP contribution in [-0.2, 0) is 0 Å². The summed E-state index contributed by atoms with van der Waals surface area (Å²) in [5.41, 5.74) is 0.466. The fraction of sp³-hybridized carbons (Fsp3) is 0.833. The fourth-order valence-electron chi connectivity index (χ4n) is 2.27. The normalized spacial score (nSPS) is 23.2. The van der Waals surface area contributed by atoms with Gasteiger partial charge < -0.3 is 0 Å². The van der Waals surface area contributed by atoms with Crippen molar-refractivity contribution in [1.82, 2.24) is 0 Å². The number of rotatable bonds is 0. The number of terminal acetylenes is 1. The van der Waals surface area contributed by atoms with E-state index in [1.807, 2.05) is 0 Å². The Labute approximate surface area is 76.7 Å². The van der Waals surface area contributed by atoms with Gasteiger partial charge in [0.25, 0.3) is 0 Å². The summed E-state index contributed by atoms with van der Waals surface area (Å²) in [5, 5.41) is 0. The molecule has 68 valence electrons. The number of hydrogen-bond acceptors (Lipinski definition) is 0. The molecule has 0 N–H and O–H groups in total. The van der Waals surface area contributed by atoms with Gasteiger partial charge in [0, 0.05) is 5.41 Å². The van der Waals surface area contributed by atoms with E-state index in [9.17, 15) is 0 Å². The minimum Gasteiger partial charge on any atom is -0.119 e. The molecule has 0 aliphatic heterocycles. The number of hydrogen-bond donors (Lipinski definition) is 0. The summed E-state index contributed by atoms with van der Waals surface area (Å²) in [6.45, 7) is 6.83. The first-order chi connectivity index (χ1) is 5.52. The van der Waals surface area contributed by atoms with Crippen LogP contribution in [0.1, 0.15) is 52.9 Å². The molecule has 1 fully saturated rings. The van der Waals surface area contributed by atoms with Crippen molar-refractivity contribution < 1.29 is 0 Å². The molecule has 0 bridgehead atoms. The van der Waals surface area contributed by atoms with Crippen molar-refractivity contribution in [1.29, 1.82) is 0 Å². The maximum absolute atomic E-state index is 5.67. The van der Waals surface area contributed by atoms with Gasteiger partial charge in [0.15, 0.2) is 0 Å². The average molecular weight is 164 g/mol. The smallest absolute Gasteiger partial charge is 0.0360 e. The lowest BCUT2D eigenvalue weighted by Gasteiger charge is -2.43. The van der Waals surface area contributed by atoms with E-state index < -0.39 is 0 Å². The third-order valence-electron chi connectivity index (χ3n) is 3.42. The molecule has 0 unspecified atom stereocenters. The zero-order valence-electron chi connectivity index (χ0n) is 8.61. The summed E-state index contributed by atoms with van der Waals surface area (Å²) in [6.07, 6.45) is 12.1. The summed E-state index contributed by atoms with van der Waals surface area (Å²) >= 11 is 0. The molecular weight excluding hydrogens is 144 g/mol. The molecule has 1 aliphatic carbocycles. The highest BCUT2D eigenvalue weighted by Gasteiger charge is 2.40. The molecule has 1 rings (SSSR count). The van der Waals surface area contributed by atoms with Gasteiger partial charge in [-0.1, -0.05) is 46.0 Å². The van der Waals surface area contributed by atoms with Crippen molar-refractivity contribution in [2.24, 2.45) is 10.8 Å². The highest BCUT2D eigenvalue weighted by atomic mass is 14.4. The van der Waals surface area contributed by atoms with Crippen molar-refractivity contribution >= 4 is 0 Å². The summed E-state index contributed by atoms with van der Waals surface area (Å²) in [4.78, 5) is 0. The van der Waals surface area contributed by atoms with Crippen molar-refractivity contribution in [2.75, 3.05) is 0 Å². The van der Waals surface area contributed by atoms with Gasteiger partial charge in [-0.3, -0.25) is 0 Å². The van der Waals surface area contributed by atoms with E-state index in [2.05, 4.69) is 26.7 Å². The maximum Gasteiger partial charge on any atom is 0.0360 e. The van der Waals surface area contributed by atoms with Crippen LogP contribution in [0.25, 0.3) is 0 Å². The van der Waals surface area contributed by atoms with E-state index in [1.54, 1.807) is 0 Å². The van der Waals surface area contributed by atoms with E-state index in [-0.39, 0.29) is 10.8 Å². The van der Waals surface area contributed by atoms with Gasteiger partial charge >= 0.3 is 0 Å². The van der Waals surface area contributed by atoms with E-state index in [0.29, 0.717) is 0 Å². The van der Waals surface area contributed by atoms with Crippen LogP contribution in [0.4, 0.5) is 0 Å². The van der Waals surface area contributed by atoms with Crippen LogP contribution in [-0.4, -0.2) is 0 Å². The molecule has 0 spiro atoms. The molecule has 0 atom stereocenters. The maximum atomic E-state index is 5.67. The Morgan fingerprint density at radius 2 is 1.58 bits per heavy atom. The highest BCUT2D eigenvalue weighted by molar-refractivity contribution is 5.12. The Hall–Kier alpha value is -0.440. The quantitative estimate of drug-likeness (QED) is 0.480. The van der Waals surface area contributed by atoms with E-state index in [4.69, 9.17) is 6.42 Å². The lowest BCUT2D eigenvalue weighted by Crippen LogP contribution is -2.36. The highest BCUT2D eigenvalue weighted by Crippen LogP contribution is 2.48. The van der Waals surface area contributed by atoms with Gasteiger partial charge in [0.2, 0.25) is 0 Å². The molecule has 0 heteroatoms. The minimum atomic E-state index is 0.186. The SMILES string of the molecule is C#CC1(C(C)(C)C)CCCCC1. The van der Waals surface area contributed by atoms with Gasteiger partial charge in [-0.05, 0) is 18.3 Å². The summed E-state index contributed by atoms with van der Waals surface area (Å²) < 4.78 is 0. The predicted octanol–water partition coefficient (Wildman–Crippen LogP) is 3.62. The molecule has 0 amide bonds. The molecule has 0 aromatic rings. The Morgan fingerprint density at radius 3 is 1.83 bits per heavy atom. The van der Waals surface area contributed by atoms with Gasteiger partial charge in [-0.25, -0.2) is 0 Å². The summed E-state index contributed by atoms with van der Waals surface area (Å²) in [6, 6.07) is 0. The van der Waals surface area contributed by atoms with Crippen LogP contribution >= 0.6 is 0 Å². The molecule has 12 heavy (non-hydrogen) atoms.